The van der Waals surface area contributed by atoms with E-state index in [1.165, 1.54) is 0 Å². The Morgan fingerprint density at radius 1 is 1.20 bits per heavy atom. The molecule has 0 bridgehead atoms. The standard InChI is InChI=1S/C15H18N2O3/c1-3-10-16-13(12-8-6-5-7-9-12)11-17(14(16)18)15(19)20-4-2/h5-9,11H,3-4,10H2,1-2H3. The Morgan fingerprint density at radius 3 is 2.50 bits per heavy atom. The second kappa shape index (κ2) is 6.23. The molecular weight excluding hydrogens is 256 g/mol. The fourth-order valence-corrected chi connectivity index (χ4v) is 2.08. The van der Waals surface area contributed by atoms with Crippen LogP contribution in [0.15, 0.2) is 41.3 Å². The monoisotopic (exact) mass is 274 g/mol. The molecule has 0 atom stereocenters. The highest BCUT2D eigenvalue weighted by atomic mass is 16.5. The number of imidazole rings is 1. The smallest absolute Gasteiger partial charge is 0.422 e. The molecule has 5 heteroatoms. The topological polar surface area (TPSA) is 53.2 Å². The Hall–Kier alpha value is -2.30. The maximum atomic E-state index is 12.3. The second-order valence-electron chi connectivity index (χ2n) is 4.38. The molecule has 1 aromatic carbocycles. The van der Waals surface area contributed by atoms with Crippen LogP contribution in [-0.2, 0) is 11.3 Å². The van der Waals surface area contributed by atoms with E-state index in [1.54, 1.807) is 17.7 Å². The molecule has 1 aromatic heterocycles. The summed E-state index contributed by atoms with van der Waals surface area (Å²) < 4.78 is 7.53. The lowest BCUT2D eigenvalue weighted by atomic mass is 10.2. The molecule has 0 aliphatic rings. The van der Waals surface area contributed by atoms with Crippen LogP contribution in [0.3, 0.4) is 0 Å². The SMILES string of the molecule is CCCn1c(-c2ccccc2)cn(C(=O)OCC)c1=O. The summed E-state index contributed by atoms with van der Waals surface area (Å²) >= 11 is 0. The van der Waals surface area contributed by atoms with Gasteiger partial charge in [0.15, 0.2) is 0 Å². The van der Waals surface area contributed by atoms with Gasteiger partial charge in [-0.3, -0.25) is 4.57 Å². The van der Waals surface area contributed by atoms with Crippen LogP contribution in [0, 0.1) is 0 Å². The van der Waals surface area contributed by atoms with E-state index < -0.39 is 6.09 Å². The van der Waals surface area contributed by atoms with Crippen LogP contribution in [0.1, 0.15) is 20.3 Å². The van der Waals surface area contributed by atoms with Gasteiger partial charge in [-0.15, -0.1) is 0 Å². The molecule has 0 saturated heterocycles. The third-order valence-electron chi connectivity index (χ3n) is 2.96. The van der Waals surface area contributed by atoms with Crippen molar-refractivity contribution in [2.45, 2.75) is 26.8 Å². The number of rotatable bonds is 4. The maximum absolute atomic E-state index is 12.3. The van der Waals surface area contributed by atoms with Crippen LogP contribution >= 0.6 is 0 Å². The molecule has 106 valence electrons. The van der Waals surface area contributed by atoms with Gasteiger partial charge in [-0.05, 0) is 18.9 Å². The molecule has 0 fully saturated rings. The average Bonchev–Trinajstić information content (AvgIpc) is 2.78. The van der Waals surface area contributed by atoms with E-state index in [2.05, 4.69) is 0 Å². The first kappa shape index (κ1) is 14.1. The van der Waals surface area contributed by atoms with Gasteiger partial charge in [0, 0.05) is 12.7 Å². The first-order valence-corrected chi connectivity index (χ1v) is 6.73. The summed E-state index contributed by atoms with van der Waals surface area (Å²) in [7, 11) is 0. The summed E-state index contributed by atoms with van der Waals surface area (Å²) in [6, 6.07) is 9.54. The Kier molecular flexibility index (Phi) is 4.40. The summed E-state index contributed by atoms with van der Waals surface area (Å²) in [6.07, 6.45) is 1.72. The number of hydrogen-bond donors (Lipinski definition) is 0. The largest absolute Gasteiger partial charge is 0.449 e. The van der Waals surface area contributed by atoms with Crippen molar-refractivity contribution in [2.24, 2.45) is 0 Å². The molecule has 0 aliphatic heterocycles. The van der Waals surface area contributed by atoms with E-state index in [4.69, 9.17) is 4.74 Å². The number of benzene rings is 1. The Bertz CT molecular complexity index is 641. The fourth-order valence-electron chi connectivity index (χ4n) is 2.08. The van der Waals surface area contributed by atoms with E-state index in [1.807, 2.05) is 37.3 Å². The third kappa shape index (κ3) is 2.66. The zero-order chi connectivity index (χ0) is 14.5. The van der Waals surface area contributed by atoms with E-state index in [0.717, 1.165) is 22.2 Å². The van der Waals surface area contributed by atoms with Gasteiger partial charge in [0.1, 0.15) is 0 Å². The van der Waals surface area contributed by atoms with Gasteiger partial charge in [-0.2, -0.15) is 0 Å². The van der Waals surface area contributed by atoms with E-state index in [-0.39, 0.29) is 12.3 Å². The van der Waals surface area contributed by atoms with Gasteiger partial charge in [-0.1, -0.05) is 37.3 Å². The van der Waals surface area contributed by atoms with E-state index in [0.29, 0.717) is 6.54 Å². The minimum atomic E-state index is -0.635. The van der Waals surface area contributed by atoms with Crippen molar-refractivity contribution in [1.82, 2.24) is 9.13 Å². The zero-order valence-electron chi connectivity index (χ0n) is 11.7. The number of ether oxygens (including phenoxy) is 1. The van der Waals surface area contributed by atoms with Crippen LogP contribution in [0.5, 0.6) is 0 Å². The first-order chi connectivity index (χ1) is 9.69. The summed E-state index contributed by atoms with van der Waals surface area (Å²) in [5.74, 6) is 0. The van der Waals surface area contributed by atoms with Crippen molar-refractivity contribution in [1.29, 1.82) is 0 Å². The molecule has 0 amide bonds. The number of carbonyl (C=O) groups is 1. The average molecular weight is 274 g/mol. The number of hydrogen-bond acceptors (Lipinski definition) is 3. The molecule has 0 spiro atoms. The first-order valence-electron chi connectivity index (χ1n) is 6.73. The molecule has 20 heavy (non-hydrogen) atoms. The quantitative estimate of drug-likeness (QED) is 0.861. The molecule has 0 unspecified atom stereocenters. The molecule has 2 aromatic rings. The Labute approximate surface area is 117 Å². The minimum Gasteiger partial charge on any atom is -0.449 e. The number of carbonyl (C=O) groups excluding carboxylic acids is 1. The highest BCUT2D eigenvalue weighted by molar-refractivity contribution is 5.72. The lowest BCUT2D eigenvalue weighted by Gasteiger charge is -2.04. The van der Waals surface area contributed by atoms with Crippen LogP contribution in [0.25, 0.3) is 11.3 Å². The molecule has 1 heterocycles. The number of aromatic nitrogens is 2. The normalized spacial score (nSPS) is 10.5. The third-order valence-corrected chi connectivity index (χ3v) is 2.96. The van der Waals surface area contributed by atoms with Crippen molar-refractivity contribution < 1.29 is 9.53 Å². The van der Waals surface area contributed by atoms with Gasteiger partial charge >= 0.3 is 11.8 Å². The van der Waals surface area contributed by atoms with Gasteiger partial charge in [0.05, 0.1) is 12.3 Å². The summed E-state index contributed by atoms with van der Waals surface area (Å²) in [5, 5.41) is 0. The minimum absolute atomic E-state index is 0.241. The van der Waals surface area contributed by atoms with Crippen molar-refractivity contribution in [3.05, 3.63) is 47.0 Å². The van der Waals surface area contributed by atoms with E-state index in [9.17, 15) is 9.59 Å². The Balaban J connectivity index is 2.54. The molecule has 2 rings (SSSR count). The Morgan fingerprint density at radius 2 is 1.90 bits per heavy atom. The molecule has 0 N–H and O–H groups in total. The second-order valence-corrected chi connectivity index (χ2v) is 4.38. The van der Waals surface area contributed by atoms with Gasteiger partial charge in [-0.25, -0.2) is 14.2 Å². The highest BCUT2D eigenvalue weighted by Crippen LogP contribution is 2.18. The van der Waals surface area contributed by atoms with E-state index >= 15 is 0 Å². The van der Waals surface area contributed by atoms with Gasteiger partial charge in [0.25, 0.3) is 0 Å². The molecular formula is C15H18N2O3. The van der Waals surface area contributed by atoms with Crippen molar-refractivity contribution in [3.8, 4) is 11.3 Å². The molecule has 0 saturated carbocycles. The van der Waals surface area contributed by atoms with Crippen molar-refractivity contribution in [3.63, 3.8) is 0 Å². The maximum Gasteiger partial charge on any atom is 0.422 e. The zero-order valence-corrected chi connectivity index (χ0v) is 11.7. The molecule has 0 aliphatic carbocycles. The van der Waals surface area contributed by atoms with Crippen LogP contribution in [-0.4, -0.2) is 21.8 Å². The summed E-state index contributed by atoms with van der Waals surface area (Å²) in [5.41, 5.74) is 1.27. The summed E-state index contributed by atoms with van der Waals surface area (Å²) in [4.78, 5) is 24.1. The van der Waals surface area contributed by atoms with Crippen LogP contribution in [0.2, 0.25) is 0 Å². The molecule has 0 radical (unpaired) electrons. The van der Waals surface area contributed by atoms with Gasteiger partial charge < -0.3 is 4.74 Å². The number of nitrogens with zero attached hydrogens (tertiary/aromatic N) is 2. The van der Waals surface area contributed by atoms with Crippen LogP contribution < -0.4 is 5.69 Å². The molecule has 5 nitrogen and oxygen atoms in total. The van der Waals surface area contributed by atoms with Crippen molar-refractivity contribution >= 4 is 6.09 Å². The lowest BCUT2D eigenvalue weighted by Crippen LogP contribution is -2.29. The summed E-state index contributed by atoms with van der Waals surface area (Å²) in [6.45, 7) is 4.51. The predicted molar refractivity (Wildman–Crippen MR) is 76.8 cm³/mol. The highest BCUT2D eigenvalue weighted by Gasteiger charge is 2.17. The predicted octanol–water partition coefficient (Wildman–Crippen LogP) is 2.73. The van der Waals surface area contributed by atoms with Gasteiger partial charge in [0.2, 0.25) is 0 Å². The fraction of sp³-hybridized carbons (Fsp3) is 0.333. The lowest BCUT2D eigenvalue weighted by molar-refractivity contribution is 0.152. The van der Waals surface area contributed by atoms with Crippen molar-refractivity contribution in [2.75, 3.05) is 6.61 Å². The van der Waals surface area contributed by atoms with Crippen LogP contribution in [0.4, 0.5) is 4.79 Å².